The number of nitrogens with two attached hydrogens (primary N) is 1. The van der Waals surface area contributed by atoms with E-state index in [0.29, 0.717) is 35.7 Å². The molecule has 5 N–H and O–H groups in total. The van der Waals surface area contributed by atoms with E-state index in [2.05, 4.69) is 29.1 Å². The number of hydrogen-bond donors (Lipinski definition) is 4. The number of benzene rings is 1. The van der Waals surface area contributed by atoms with Crippen LogP contribution in [0.15, 0.2) is 36.8 Å². The zero-order chi connectivity index (χ0) is 21.6. The first kappa shape index (κ1) is 22.1. The second-order valence-electron chi connectivity index (χ2n) is 7.53. The van der Waals surface area contributed by atoms with Crippen molar-refractivity contribution in [3.63, 3.8) is 0 Å². The van der Waals surface area contributed by atoms with Gasteiger partial charge in [0.2, 0.25) is 5.88 Å². The van der Waals surface area contributed by atoms with E-state index in [1.807, 2.05) is 30.5 Å². The number of aliphatic hydroxyl groups excluding tert-OH is 1. The number of fused-ring (bicyclic) bond motifs is 2. The van der Waals surface area contributed by atoms with Gasteiger partial charge in [-0.3, -0.25) is 4.18 Å². The Labute approximate surface area is 184 Å². The molecule has 0 saturated heterocycles. The summed E-state index contributed by atoms with van der Waals surface area (Å²) in [5.41, 5.74) is 2.89. The number of hydrogen-bond acceptors (Lipinski definition) is 8. The molecule has 4 aromatic rings. The van der Waals surface area contributed by atoms with Crippen LogP contribution >= 0.6 is 0 Å². The molecule has 32 heavy (non-hydrogen) atoms. The first-order valence-corrected chi connectivity index (χ1v) is 11.1. The van der Waals surface area contributed by atoms with Gasteiger partial charge in [-0.1, -0.05) is 25.6 Å². The second kappa shape index (κ2) is 8.47. The molecule has 1 aliphatic carbocycles. The SMILES string of the molecule is C.NS(=O)(=O)OC[C@@H]1C[C@@H](Oc2ncnc3nc(-c4c[nH]c5ccccc45)[nH]c23)C[C@@H]1O. The number of aliphatic hydroxyl groups is 1. The Balaban J connectivity index is 0.00000245. The summed E-state index contributed by atoms with van der Waals surface area (Å²) < 4.78 is 32.7. The maximum Gasteiger partial charge on any atom is 0.333 e. The van der Waals surface area contributed by atoms with Gasteiger partial charge in [0.25, 0.3) is 0 Å². The molecular formula is C20H24N6O5S. The van der Waals surface area contributed by atoms with Gasteiger partial charge in [-0.15, -0.1) is 0 Å². The third kappa shape index (κ3) is 4.30. The van der Waals surface area contributed by atoms with Crippen LogP contribution < -0.4 is 9.88 Å². The van der Waals surface area contributed by atoms with Crippen molar-refractivity contribution in [2.45, 2.75) is 32.5 Å². The maximum atomic E-state index is 11.0. The van der Waals surface area contributed by atoms with Crippen LogP contribution in [0.5, 0.6) is 5.88 Å². The number of H-pyrrole nitrogens is 2. The zero-order valence-electron chi connectivity index (χ0n) is 16.2. The minimum absolute atomic E-state index is 0. The van der Waals surface area contributed by atoms with Gasteiger partial charge in [0.05, 0.1) is 12.7 Å². The van der Waals surface area contributed by atoms with Crippen molar-refractivity contribution >= 4 is 32.4 Å². The lowest BCUT2D eigenvalue weighted by Gasteiger charge is -2.13. The standard InChI is InChI=1S/C19H20N6O5S.CH4/c20-31(27,28)29-8-10-5-11(6-15(10)26)30-19-16-18(22-9-23-19)25-17(24-16)13-7-21-14-4-2-1-3-12(13)14;/h1-4,7,9-11,15,21,26H,5-6,8H2,(H2,20,27,28)(H,22,23,24,25);1H4/t10-,11+,15-;/m0./s1. The van der Waals surface area contributed by atoms with Gasteiger partial charge in [0, 0.05) is 35.0 Å². The second-order valence-corrected chi connectivity index (χ2v) is 8.75. The van der Waals surface area contributed by atoms with E-state index in [4.69, 9.17) is 9.88 Å². The fourth-order valence-corrected chi connectivity index (χ4v) is 4.32. The molecule has 0 radical (unpaired) electrons. The van der Waals surface area contributed by atoms with Crippen molar-refractivity contribution in [3.8, 4) is 17.3 Å². The molecule has 3 heterocycles. The smallest absolute Gasteiger partial charge is 0.333 e. The van der Waals surface area contributed by atoms with Crippen LogP contribution in [0.2, 0.25) is 0 Å². The van der Waals surface area contributed by atoms with Crippen LogP contribution in [0.3, 0.4) is 0 Å². The third-order valence-corrected chi connectivity index (χ3v) is 5.90. The maximum absolute atomic E-state index is 11.0. The van der Waals surface area contributed by atoms with Gasteiger partial charge < -0.3 is 19.8 Å². The van der Waals surface area contributed by atoms with Crippen LogP contribution in [0, 0.1) is 5.92 Å². The lowest BCUT2D eigenvalue weighted by atomic mass is 10.1. The number of aromatic nitrogens is 5. The monoisotopic (exact) mass is 460 g/mol. The quantitative estimate of drug-likeness (QED) is 0.338. The molecule has 0 unspecified atom stereocenters. The molecule has 5 rings (SSSR count). The lowest BCUT2D eigenvalue weighted by molar-refractivity contribution is 0.0986. The average molecular weight is 461 g/mol. The molecule has 1 fully saturated rings. The van der Waals surface area contributed by atoms with Crippen LogP contribution in [-0.4, -0.2) is 57.3 Å². The predicted octanol–water partition coefficient (Wildman–Crippen LogP) is 1.88. The largest absolute Gasteiger partial charge is 0.473 e. The highest BCUT2D eigenvalue weighted by Gasteiger charge is 2.36. The Morgan fingerprint density at radius 2 is 2.03 bits per heavy atom. The van der Waals surface area contributed by atoms with E-state index < -0.39 is 22.3 Å². The molecule has 0 aliphatic heterocycles. The molecule has 1 aliphatic rings. The highest BCUT2D eigenvalue weighted by molar-refractivity contribution is 7.84. The van der Waals surface area contributed by atoms with Crippen molar-refractivity contribution in [2.75, 3.05) is 6.61 Å². The van der Waals surface area contributed by atoms with E-state index in [-0.39, 0.29) is 20.1 Å². The van der Waals surface area contributed by atoms with Crippen molar-refractivity contribution in [3.05, 3.63) is 36.8 Å². The Morgan fingerprint density at radius 1 is 1.22 bits per heavy atom. The van der Waals surface area contributed by atoms with Gasteiger partial charge in [-0.05, 0) is 12.5 Å². The highest BCUT2D eigenvalue weighted by atomic mass is 32.2. The number of nitrogens with one attached hydrogen (secondary N) is 2. The predicted molar refractivity (Wildman–Crippen MR) is 118 cm³/mol. The van der Waals surface area contributed by atoms with Crippen LogP contribution in [0.1, 0.15) is 20.3 Å². The summed E-state index contributed by atoms with van der Waals surface area (Å²) in [4.78, 5) is 19.5. The summed E-state index contributed by atoms with van der Waals surface area (Å²) in [6, 6.07) is 7.90. The van der Waals surface area contributed by atoms with Crippen molar-refractivity contribution in [2.24, 2.45) is 11.1 Å². The summed E-state index contributed by atoms with van der Waals surface area (Å²) in [5, 5.41) is 16.1. The van der Waals surface area contributed by atoms with Crippen molar-refractivity contribution < 1.29 is 22.4 Å². The van der Waals surface area contributed by atoms with Gasteiger partial charge >= 0.3 is 10.3 Å². The summed E-state index contributed by atoms with van der Waals surface area (Å²) in [5.74, 6) is 0.529. The van der Waals surface area contributed by atoms with E-state index in [9.17, 15) is 13.5 Å². The Morgan fingerprint density at radius 3 is 2.84 bits per heavy atom. The summed E-state index contributed by atoms with van der Waals surface area (Å²) in [7, 11) is -4.06. The first-order valence-electron chi connectivity index (χ1n) is 9.66. The molecule has 12 heteroatoms. The lowest BCUT2D eigenvalue weighted by Crippen LogP contribution is -2.24. The molecule has 0 spiro atoms. The summed E-state index contributed by atoms with van der Waals surface area (Å²) in [6.07, 6.45) is 2.80. The third-order valence-electron chi connectivity index (χ3n) is 5.44. The number of aromatic amines is 2. The van der Waals surface area contributed by atoms with Crippen molar-refractivity contribution in [1.29, 1.82) is 0 Å². The highest BCUT2D eigenvalue weighted by Crippen LogP contribution is 2.33. The van der Waals surface area contributed by atoms with Crippen LogP contribution in [0.4, 0.5) is 0 Å². The fourth-order valence-electron chi connectivity index (χ4n) is 3.96. The molecule has 1 aromatic carbocycles. The molecule has 170 valence electrons. The number of imidazole rings is 1. The van der Waals surface area contributed by atoms with Crippen molar-refractivity contribution in [1.82, 2.24) is 24.9 Å². The molecule has 3 atom stereocenters. The van der Waals surface area contributed by atoms with E-state index in [1.54, 1.807) is 0 Å². The normalized spacial score (nSPS) is 21.1. The number of para-hydroxylation sites is 1. The fraction of sp³-hybridized carbons (Fsp3) is 0.350. The Bertz CT molecular complexity index is 1350. The minimum Gasteiger partial charge on any atom is -0.473 e. The summed E-state index contributed by atoms with van der Waals surface area (Å²) in [6.45, 7) is -0.201. The Kier molecular flexibility index (Phi) is 5.86. The number of nitrogens with zero attached hydrogens (tertiary/aromatic N) is 3. The molecule has 11 nitrogen and oxygen atoms in total. The van der Waals surface area contributed by atoms with Crippen LogP contribution in [0.25, 0.3) is 33.5 Å². The average Bonchev–Trinajstić information content (AvgIpc) is 3.42. The molecule has 0 bridgehead atoms. The van der Waals surface area contributed by atoms with Gasteiger partial charge in [0.1, 0.15) is 23.8 Å². The number of rotatable bonds is 6. The molecular weight excluding hydrogens is 436 g/mol. The zero-order valence-corrected chi connectivity index (χ0v) is 17.0. The minimum atomic E-state index is -4.06. The molecule has 0 amide bonds. The van der Waals surface area contributed by atoms with Gasteiger partial charge in [-0.25, -0.2) is 15.1 Å². The topological polar surface area (TPSA) is 169 Å². The van der Waals surface area contributed by atoms with Gasteiger partial charge in [0.15, 0.2) is 5.65 Å². The van der Waals surface area contributed by atoms with Crippen LogP contribution in [-0.2, 0) is 14.5 Å². The van der Waals surface area contributed by atoms with E-state index in [0.717, 1.165) is 16.5 Å². The molecule has 3 aromatic heterocycles. The molecule has 1 saturated carbocycles. The first-order chi connectivity index (χ1) is 14.9. The summed E-state index contributed by atoms with van der Waals surface area (Å²) >= 11 is 0. The van der Waals surface area contributed by atoms with E-state index >= 15 is 0 Å². The number of ether oxygens (including phenoxy) is 1. The van der Waals surface area contributed by atoms with Gasteiger partial charge in [-0.2, -0.15) is 13.4 Å². The Hall–Kier alpha value is -3.06. The van der Waals surface area contributed by atoms with E-state index in [1.165, 1.54) is 6.33 Å².